The number of alkyl halides is 3. The van der Waals surface area contributed by atoms with Gasteiger partial charge in [-0.2, -0.15) is 13.2 Å². The molecule has 0 aromatic carbocycles. The number of nitrogens with one attached hydrogen (secondary N) is 1. The molecule has 0 saturated heterocycles. The molecule has 0 unspecified atom stereocenters. The van der Waals surface area contributed by atoms with Gasteiger partial charge in [-0.25, -0.2) is 9.67 Å². The Bertz CT molecular complexity index is 528. The summed E-state index contributed by atoms with van der Waals surface area (Å²) in [7, 11) is 0. The van der Waals surface area contributed by atoms with Crippen molar-refractivity contribution in [2.24, 2.45) is 5.92 Å². The molecule has 1 aromatic rings. The molecule has 1 aliphatic rings. The van der Waals surface area contributed by atoms with Crippen molar-refractivity contribution in [3.8, 4) is 0 Å². The Morgan fingerprint density at radius 1 is 1.45 bits per heavy atom. The van der Waals surface area contributed by atoms with E-state index in [9.17, 15) is 22.8 Å². The summed E-state index contributed by atoms with van der Waals surface area (Å²) >= 11 is 0. The van der Waals surface area contributed by atoms with Crippen LogP contribution in [0.3, 0.4) is 0 Å². The molecule has 0 spiro atoms. The van der Waals surface area contributed by atoms with Crippen LogP contribution < -0.4 is 5.32 Å². The first-order valence-electron chi connectivity index (χ1n) is 5.76. The van der Waals surface area contributed by atoms with Crippen LogP contribution in [0.4, 0.5) is 13.2 Å². The van der Waals surface area contributed by atoms with Crippen molar-refractivity contribution in [1.29, 1.82) is 0 Å². The zero-order valence-corrected chi connectivity index (χ0v) is 10.1. The molecule has 2 rings (SSSR count). The second kappa shape index (κ2) is 5.10. The molecule has 2 atom stereocenters. The Hall–Kier alpha value is -2.13. The Morgan fingerprint density at radius 2 is 2.15 bits per heavy atom. The molecule has 1 aliphatic carbocycles. The monoisotopic (exact) mass is 292 g/mol. The van der Waals surface area contributed by atoms with Gasteiger partial charge in [-0.1, -0.05) is 0 Å². The SMILES string of the molecule is O=C(Cn1cnc(C(F)(F)F)n1)N[C@H]1CC[C@H]1C(=O)O. The molecule has 1 saturated carbocycles. The van der Waals surface area contributed by atoms with Gasteiger partial charge in [-0.05, 0) is 12.8 Å². The molecule has 1 aromatic heterocycles. The van der Waals surface area contributed by atoms with Gasteiger partial charge in [0.15, 0.2) is 0 Å². The highest BCUT2D eigenvalue weighted by atomic mass is 19.4. The van der Waals surface area contributed by atoms with E-state index in [0.29, 0.717) is 12.8 Å². The molecule has 7 nitrogen and oxygen atoms in total. The van der Waals surface area contributed by atoms with Crippen molar-refractivity contribution in [3.05, 3.63) is 12.2 Å². The normalized spacial score (nSPS) is 22.1. The van der Waals surface area contributed by atoms with E-state index in [4.69, 9.17) is 5.11 Å². The van der Waals surface area contributed by atoms with E-state index in [1.54, 1.807) is 0 Å². The predicted octanol–water partition coefficient (Wildman–Crippen LogP) is 0.276. The third-order valence-corrected chi connectivity index (χ3v) is 3.03. The third kappa shape index (κ3) is 3.06. The molecule has 1 heterocycles. The van der Waals surface area contributed by atoms with Gasteiger partial charge in [0.05, 0.1) is 5.92 Å². The summed E-state index contributed by atoms with van der Waals surface area (Å²) in [4.78, 5) is 25.4. The average molecular weight is 292 g/mol. The van der Waals surface area contributed by atoms with E-state index in [1.807, 2.05) is 0 Å². The number of hydrogen-bond donors (Lipinski definition) is 2. The Kier molecular flexibility index (Phi) is 3.64. The molecule has 0 radical (unpaired) electrons. The summed E-state index contributed by atoms with van der Waals surface area (Å²) in [6.45, 7) is -0.439. The third-order valence-electron chi connectivity index (χ3n) is 3.03. The summed E-state index contributed by atoms with van der Waals surface area (Å²) in [5, 5.41) is 14.4. The Morgan fingerprint density at radius 3 is 2.60 bits per heavy atom. The van der Waals surface area contributed by atoms with E-state index in [2.05, 4.69) is 15.4 Å². The fraction of sp³-hybridized carbons (Fsp3) is 0.600. The minimum Gasteiger partial charge on any atom is -0.481 e. The minimum atomic E-state index is -4.66. The number of carboxylic acid groups (broad SMARTS) is 1. The van der Waals surface area contributed by atoms with E-state index in [0.717, 1.165) is 11.0 Å². The minimum absolute atomic E-state index is 0.439. The maximum absolute atomic E-state index is 12.2. The molecule has 1 amide bonds. The lowest BCUT2D eigenvalue weighted by molar-refractivity contribution is -0.147. The number of aromatic nitrogens is 3. The van der Waals surface area contributed by atoms with Crippen molar-refractivity contribution in [3.63, 3.8) is 0 Å². The maximum Gasteiger partial charge on any atom is 0.453 e. The first kappa shape index (κ1) is 14.3. The Balaban J connectivity index is 1.89. The fourth-order valence-corrected chi connectivity index (χ4v) is 1.87. The molecule has 2 N–H and O–H groups in total. The summed E-state index contributed by atoms with van der Waals surface area (Å²) in [5.74, 6) is -3.56. The number of carbonyl (C=O) groups is 2. The second-order valence-electron chi connectivity index (χ2n) is 4.46. The number of carboxylic acids is 1. The zero-order chi connectivity index (χ0) is 14.9. The van der Waals surface area contributed by atoms with Crippen LogP contribution >= 0.6 is 0 Å². The number of aliphatic carboxylic acids is 1. The highest BCUT2D eigenvalue weighted by molar-refractivity contribution is 5.78. The zero-order valence-electron chi connectivity index (χ0n) is 10.1. The van der Waals surface area contributed by atoms with Crippen LogP contribution in [0.25, 0.3) is 0 Å². The van der Waals surface area contributed by atoms with Gasteiger partial charge in [0, 0.05) is 6.04 Å². The van der Waals surface area contributed by atoms with Crippen LogP contribution in [0.1, 0.15) is 18.7 Å². The molecule has 20 heavy (non-hydrogen) atoms. The number of amides is 1. The van der Waals surface area contributed by atoms with Crippen molar-refractivity contribution >= 4 is 11.9 Å². The molecular weight excluding hydrogens is 281 g/mol. The largest absolute Gasteiger partial charge is 0.481 e. The Labute approximate surface area is 110 Å². The number of nitrogens with zero attached hydrogens (tertiary/aromatic N) is 3. The van der Waals surface area contributed by atoms with E-state index in [-0.39, 0.29) is 0 Å². The predicted molar refractivity (Wildman–Crippen MR) is 57.3 cm³/mol. The lowest BCUT2D eigenvalue weighted by Crippen LogP contribution is -2.50. The number of rotatable bonds is 4. The summed E-state index contributed by atoms with van der Waals surface area (Å²) in [6.07, 6.45) is -2.85. The van der Waals surface area contributed by atoms with Crippen LogP contribution in [-0.4, -0.2) is 37.8 Å². The van der Waals surface area contributed by atoms with Crippen LogP contribution in [0.2, 0.25) is 0 Å². The molecule has 0 aliphatic heterocycles. The fourth-order valence-electron chi connectivity index (χ4n) is 1.87. The topological polar surface area (TPSA) is 97.1 Å². The van der Waals surface area contributed by atoms with Gasteiger partial charge in [-0.15, -0.1) is 5.10 Å². The molecule has 0 bridgehead atoms. The van der Waals surface area contributed by atoms with Crippen LogP contribution in [-0.2, 0) is 22.3 Å². The highest BCUT2D eigenvalue weighted by Crippen LogP contribution is 2.27. The van der Waals surface area contributed by atoms with Gasteiger partial charge >= 0.3 is 12.1 Å². The average Bonchev–Trinajstić information content (AvgIpc) is 2.71. The quantitative estimate of drug-likeness (QED) is 0.830. The van der Waals surface area contributed by atoms with Gasteiger partial charge in [-0.3, -0.25) is 9.59 Å². The second-order valence-corrected chi connectivity index (χ2v) is 4.46. The van der Waals surface area contributed by atoms with Crippen molar-refractivity contribution < 1.29 is 27.9 Å². The summed E-state index contributed by atoms with van der Waals surface area (Å²) in [6, 6.07) is -0.481. The van der Waals surface area contributed by atoms with Crippen LogP contribution in [0.15, 0.2) is 6.33 Å². The van der Waals surface area contributed by atoms with Crippen LogP contribution in [0.5, 0.6) is 0 Å². The van der Waals surface area contributed by atoms with Crippen molar-refractivity contribution in [2.75, 3.05) is 0 Å². The highest BCUT2D eigenvalue weighted by Gasteiger charge is 2.38. The van der Waals surface area contributed by atoms with Crippen molar-refractivity contribution in [2.45, 2.75) is 31.6 Å². The summed E-state index contributed by atoms with van der Waals surface area (Å²) < 4.78 is 37.5. The van der Waals surface area contributed by atoms with Gasteiger partial charge < -0.3 is 10.4 Å². The number of carbonyl (C=O) groups excluding carboxylic acids is 1. The number of hydrogen-bond acceptors (Lipinski definition) is 4. The number of halogens is 3. The molecule has 110 valence electrons. The first-order chi connectivity index (χ1) is 9.27. The lowest BCUT2D eigenvalue weighted by atomic mass is 9.79. The van der Waals surface area contributed by atoms with E-state index < -0.39 is 42.4 Å². The summed E-state index contributed by atoms with van der Waals surface area (Å²) in [5.41, 5.74) is 0. The molecule has 1 fully saturated rings. The standard InChI is InChI=1S/C10H11F3N4O3/c11-10(12,13)9-14-4-17(16-9)3-7(18)15-6-2-1-5(6)8(19)20/h4-6H,1-3H2,(H,15,18)(H,19,20)/t5-,6+/m1/s1. The maximum atomic E-state index is 12.2. The van der Waals surface area contributed by atoms with Crippen molar-refractivity contribution in [1.82, 2.24) is 20.1 Å². The van der Waals surface area contributed by atoms with Gasteiger partial charge in [0.1, 0.15) is 12.9 Å². The van der Waals surface area contributed by atoms with E-state index in [1.165, 1.54) is 0 Å². The molecule has 10 heteroatoms. The smallest absolute Gasteiger partial charge is 0.453 e. The van der Waals surface area contributed by atoms with E-state index >= 15 is 0 Å². The van der Waals surface area contributed by atoms with Gasteiger partial charge in [0.2, 0.25) is 5.91 Å². The van der Waals surface area contributed by atoms with Crippen LogP contribution in [0, 0.1) is 5.92 Å². The first-order valence-corrected chi connectivity index (χ1v) is 5.76. The van der Waals surface area contributed by atoms with Gasteiger partial charge in [0.25, 0.3) is 5.82 Å². The lowest BCUT2D eigenvalue weighted by Gasteiger charge is -2.33. The molecular formula is C10H11F3N4O3.